The lowest BCUT2D eigenvalue weighted by molar-refractivity contribution is 0.466. The Morgan fingerprint density at radius 2 is 2.36 bits per heavy atom. The van der Waals surface area contributed by atoms with Crippen LogP contribution in [0, 0.1) is 24.2 Å². The Labute approximate surface area is 69.6 Å². The Morgan fingerprint density at radius 1 is 1.73 bits per heavy atom. The van der Waals surface area contributed by atoms with Crippen LogP contribution in [0.15, 0.2) is 0 Å². The lowest BCUT2D eigenvalue weighted by Gasteiger charge is -2.13. The van der Waals surface area contributed by atoms with E-state index < -0.39 is 0 Å². The zero-order chi connectivity index (χ0) is 8.27. The van der Waals surface area contributed by atoms with Gasteiger partial charge in [0, 0.05) is 12.5 Å². The fraction of sp³-hybridized carbons (Fsp3) is 0.800. The van der Waals surface area contributed by atoms with Gasteiger partial charge in [0.05, 0.1) is 0 Å². The molecule has 0 saturated heterocycles. The third-order valence-corrected chi connectivity index (χ3v) is 2.49. The van der Waals surface area contributed by atoms with E-state index in [1.54, 1.807) is 0 Å². The SMILES string of the molecule is C#CCC(NCC)C1CC1C. The molecule has 1 nitrogen and oxygen atoms in total. The van der Waals surface area contributed by atoms with E-state index in [1.165, 1.54) is 6.42 Å². The summed E-state index contributed by atoms with van der Waals surface area (Å²) >= 11 is 0. The predicted octanol–water partition coefficient (Wildman–Crippen LogP) is 1.64. The fourth-order valence-electron chi connectivity index (χ4n) is 1.68. The van der Waals surface area contributed by atoms with Gasteiger partial charge in [0.2, 0.25) is 0 Å². The average molecular weight is 151 g/mol. The van der Waals surface area contributed by atoms with Crippen molar-refractivity contribution < 1.29 is 0 Å². The van der Waals surface area contributed by atoms with Crippen molar-refractivity contribution in [3.63, 3.8) is 0 Å². The van der Waals surface area contributed by atoms with Gasteiger partial charge in [-0.05, 0) is 24.8 Å². The highest BCUT2D eigenvalue weighted by Gasteiger charge is 2.38. The molecule has 3 atom stereocenters. The molecule has 1 N–H and O–H groups in total. The van der Waals surface area contributed by atoms with Crippen molar-refractivity contribution in [2.75, 3.05) is 6.54 Å². The molecule has 0 radical (unpaired) electrons. The summed E-state index contributed by atoms with van der Waals surface area (Å²) in [4.78, 5) is 0. The van der Waals surface area contributed by atoms with Crippen LogP contribution in [0.3, 0.4) is 0 Å². The smallest absolute Gasteiger partial charge is 0.0243 e. The van der Waals surface area contributed by atoms with Gasteiger partial charge in [-0.3, -0.25) is 0 Å². The average Bonchev–Trinajstić information content (AvgIpc) is 2.67. The maximum absolute atomic E-state index is 5.28. The van der Waals surface area contributed by atoms with Crippen LogP contribution in [-0.2, 0) is 0 Å². The van der Waals surface area contributed by atoms with Crippen LogP contribution in [0.1, 0.15) is 26.7 Å². The second-order valence-electron chi connectivity index (χ2n) is 3.45. The third kappa shape index (κ3) is 2.24. The third-order valence-electron chi connectivity index (χ3n) is 2.49. The summed E-state index contributed by atoms with van der Waals surface area (Å²) in [6.07, 6.45) is 7.53. The van der Waals surface area contributed by atoms with E-state index in [2.05, 4.69) is 25.1 Å². The molecule has 1 heteroatoms. The largest absolute Gasteiger partial charge is 0.313 e. The first-order valence-corrected chi connectivity index (χ1v) is 4.46. The topological polar surface area (TPSA) is 12.0 Å². The molecule has 0 aromatic heterocycles. The maximum atomic E-state index is 5.28. The number of rotatable bonds is 4. The molecule has 11 heavy (non-hydrogen) atoms. The molecule has 0 aromatic rings. The molecule has 0 spiro atoms. The van der Waals surface area contributed by atoms with Crippen molar-refractivity contribution in [2.24, 2.45) is 11.8 Å². The van der Waals surface area contributed by atoms with Gasteiger partial charge in [0.1, 0.15) is 0 Å². The van der Waals surface area contributed by atoms with Crippen LogP contribution in [0.2, 0.25) is 0 Å². The fourth-order valence-corrected chi connectivity index (χ4v) is 1.68. The Hall–Kier alpha value is -0.480. The van der Waals surface area contributed by atoms with Crippen molar-refractivity contribution in [3.8, 4) is 12.3 Å². The van der Waals surface area contributed by atoms with Crippen molar-refractivity contribution in [1.82, 2.24) is 5.32 Å². The van der Waals surface area contributed by atoms with E-state index in [1.807, 2.05) is 0 Å². The van der Waals surface area contributed by atoms with Crippen LogP contribution >= 0.6 is 0 Å². The molecule has 1 saturated carbocycles. The highest BCUT2D eigenvalue weighted by Crippen LogP contribution is 2.41. The van der Waals surface area contributed by atoms with Gasteiger partial charge in [-0.25, -0.2) is 0 Å². The summed E-state index contributed by atoms with van der Waals surface area (Å²) in [5, 5.41) is 3.43. The van der Waals surface area contributed by atoms with Gasteiger partial charge in [0.25, 0.3) is 0 Å². The normalized spacial score (nSPS) is 31.0. The molecular weight excluding hydrogens is 134 g/mol. The van der Waals surface area contributed by atoms with Gasteiger partial charge < -0.3 is 5.32 Å². The van der Waals surface area contributed by atoms with Crippen molar-refractivity contribution >= 4 is 0 Å². The van der Waals surface area contributed by atoms with E-state index in [0.29, 0.717) is 6.04 Å². The van der Waals surface area contributed by atoms with E-state index in [-0.39, 0.29) is 0 Å². The van der Waals surface area contributed by atoms with Gasteiger partial charge in [-0.2, -0.15) is 0 Å². The molecule has 62 valence electrons. The van der Waals surface area contributed by atoms with E-state index in [0.717, 1.165) is 24.8 Å². The lowest BCUT2D eigenvalue weighted by atomic mass is 10.1. The molecule has 0 aromatic carbocycles. The van der Waals surface area contributed by atoms with Gasteiger partial charge in [-0.1, -0.05) is 13.8 Å². The number of terminal acetylenes is 1. The highest BCUT2D eigenvalue weighted by atomic mass is 14.9. The molecule has 0 heterocycles. The quantitative estimate of drug-likeness (QED) is 0.602. The Balaban J connectivity index is 2.29. The summed E-state index contributed by atoms with van der Waals surface area (Å²) in [6, 6.07) is 0.583. The molecule has 1 aliphatic carbocycles. The van der Waals surface area contributed by atoms with Crippen LogP contribution in [0.25, 0.3) is 0 Å². The molecule has 0 bridgehead atoms. The molecule has 1 rings (SSSR count). The number of nitrogens with one attached hydrogen (secondary N) is 1. The van der Waals surface area contributed by atoms with Crippen molar-refractivity contribution in [1.29, 1.82) is 0 Å². The second-order valence-corrected chi connectivity index (χ2v) is 3.45. The summed E-state index contributed by atoms with van der Waals surface area (Å²) in [6.45, 7) is 5.47. The molecule has 1 aliphatic rings. The minimum absolute atomic E-state index is 0.583. The van der Waals surface area contributed by atoms with Crippen LogP contribution in [0.5, 0.6) is 0 Å². The van der Waals surface area contributed by atoms with Crippen molar-refractivity contribution in [3.05, 3.63) is 0 Å². The van der Waals surface area contributed by atoms with Crippen molar-refractivity contribution in [2.45, 2.75) is 32.7 Å². The molecule has 0 aliphatic heterocycles. The molecule has 0 amide bonds. The summed E-state index contributed by atoms with van der Waals surface area (Å²) in [5.74, 6) is 4.48. The minimum atomic E-state index is 0.583. The predicted molar refractivity (Wildman–Crippen MR) is 48.2 cm³/mol. The maximum Gasteiger partial charge on any atom is 0.0243 e. The Bertz CT molecular complexity index is 157. The van der Waals surface area contributed by atoms with Crippen LogP contribution in [-0.4, -0.2) is 12.6 Å². The molecular formula is C10H17N. The minimum Gasteiger partial charge on any atom is -0.313 e. The van der Waals surface area contributed by atoms with E-state index >= 15 is 0 Å². The summed E-state index contributed by atoms with van der Waals surface area (Å²) < 4.78 is 0. The summed E-state index contributed by atoms with van der Waals surface area (Å²) in [5.41, 5.74) is 0. The zero-order valence-electron chi connectivity index (χ0n) is 7.43. The van der Waals surface area contributed by atoms with Crippen LogP contribution in [0.4, 0.5) is 0 Å². The monoisotopic (exact) mass is 151 g/mol. The number of hydrogen-bond donors (Lipinski definition) is 1. The number of hydrogen-bond acceptors (Lipinski definition) is 1. The van der Waals surface area contributed by atoms with Gasteiger partial charge in [0.15, 0.2) is 0 Å². The Kier molecular flexibility index (Phi) is 2.96. The first-order valence-electron chi connectivity index (χ1n) is 4.46. The molecule has 3 unspecified atom stereocenters. The molecule has 1 fully saturated rings. The van der Waals surface area contributed by atoms with Crippen LogP contribution < -0.4 is 5.32 Å². The first kappa shape index (κ1) is 8.62. The standard InChI is InChI=1S/C10H17N/c1-4-6-10(11-5-2)9-7-8(9)3/h1,8-11H,5-7H2,2-3H3. The Morgan fingerprint density at radius 3 is 2.73 bits per heavy atom. The summed E-state index contributed by atoms with van der Waals surface area (Å²) in [7, 11) is 0. The lowest BCUT2D eigenvalue weighted by Crippen LogP contribution is -2.30. The van der Waals surface area contributed by atoms with Gasteiger partial charge >= 0.3 is 0 Å². The van der Waals surface area contributed by atoms with E-state index in [9.17, 15) is 0 Å². The first-order chi connectivity index (χ1) is 5.29. The van der Waals surface area contributed by atoms with Gasteiger partial charge in [-0.15, -0.1) is 12.3 Å². The zero-order valence-corrected chi connectivity index (χ0v) is 7.43. The highest BCUT2D eigenvalue weighted by molar-refractivity contribution is 4.99. The second kappa shape index (κ2) is 3.78. The van der Waals surface area contributed by atoms with E-state index in [4.69, 9.17) is 6.42 Å².